The highest BCUT2D eigenvalue weighted by Crippen LogP contribution is 2.44. The molecule has 31 heavy (non-hydrogen) atoms. The summed E-state index contributed by atoms with van der Waals surface area (Å²) in [6.07, 6.45) is 0.570. The van der Waals surface area contributed by atoms with Gasteiger partial charge in [0, 0.05) is 12.3 Å². The summed E-state index contributed by atoms with van der Waals surface area (Å²) in [5, 5.41) is 2.02. The van der Waals surface area contributed by atoms with Gasteiger partial charge in [-0.25, -0.2) is 5.01 Å². The van der Waals surface area contributed by atoms with Crippen LogP contribution in [0.15, 0.2) is 91.0 Å². The molecule has 1 heterocycles. The van der Waals surface area contributed by atoms with Crippen LogP contribution in [-0.2, 0) is 14.3 Å². The number of amides is 1. The van der Waals surface area contributed by atoms with Gasteiger partial charge in [0.25, 0.3) is 0 Å². The van der Waals surface area contributed by atoms with Crippen LogP contribution in [0.5, 0.6) is 0 Å². The van der Waals surface area contributed by atoms with Gasteiger partial charge in [0.15, 0.2) is 0 Å². The molecule has 5 nitrogen and oxygen atoms in total. The predicted molar refractivity (Wildman–Crippen MR) is 119 cm³/mol. The fraction of sp³-hybridized carbons (Fsp3) is 0.231. The van der Waals surface area contributed by atoms with E-state index >= 15 is 0 Å². The SMILES string of the molecule is COC(=O)C[C@H](c1ccccc1)[C@@H](c1ccccc1)N1NC(=O)C[C@@H]1c1ccccc1. The van der Waals surface area contributed by atoms with Crippen LogP contribution in [0.25, 0.3) is 0 Å². The average Bonchev–Trinajstić information content (AvgIpc) is 3.21. The van der Waals surface area contributed by atoms with E-state index < -0.39 is 0 Å². The van der Waals surface area contributed by atoms with E-state index in [1.165, 1.54) is 7.11 Å². The molecule has 1 saturated heterocycles. The third-order valence-corrected chi connectivity index (χ3v) is 5.82. The molecular formula is C26H26N2O3. The summed E-state index contributed by atoms with van der Waals surface area (Å²) in [6.45, 7) is 0. The number of methoxy groups -OCH3 is 1. The maximum Gasteiger partial charge on any atom is 0.306 e. The van der Waals surface area contributed by atoms with Crippen molar-refractivity contribution in [1.82, 2.24) is 10.4 Å². The molecule has 1 aliphatic heterocycles. The Morgan fingerprint density at radius 1 is 0.935 bits per heavy atom. The van der Waals surface area contributed by atoms with Crippen LogP contribution in [0.1, 0.15) is 47.5 Å². The molecule has 0 saturated carbocycles. The minimum atomic E-state index is -0.281. The van der Waals surface area contributed by atoms with Gasteiger partial charge >= 0.3 is 5.97 Å². The molecule has 1 N–H and O–H groups in total. The number of ether oxygens (including phenoxy) is 1. The van der Waals surface area contributed by atoms with Crippen molar-refractivity contribution in [3.63, 3.8) is 0 Å². The Morgan fingerprint density at radius 2 is 1.48 bits per heavy atom. The van der Waals surface area contributed by atoms with Crippen LogP contribution < -0.4 is 5.43 Å². The van der Waals surface area contributed by atoms with Gasteiger partial charge in [-0.2, -0.15) is 0 Å². The second-order valence-corrected chi connectivity index (χ2v) is 7.73. The monoisotopic (exact) mass is 414 g/mol. The Hall–Kier alpha value is -3.44. The lowest BCUT2D eigenvalue weighted by Crippen LogP contribution is -2.41. The minimum absolute atomic E-state index is 0.0281. The number of nitrogens with zero attached hydrogens (tertiary/aromatic N) is 1. The zero-order valence-electron chi connectivity index (χ0n) is 17.5. The first-order chi connectivity index (χ1) is 15.2. The standard InChI is InChI=1S/C26H26N2O3/c1-31-25(30)17-22(19-11-5-2-6-12-19)26(21-15-9-4-10-16-21)28-23(18-24(29)27-28)20-13-7-3-8-14-20/h2-16,22-23,26H,17-18H2,1H3,(H,27,29)/t22-,23-,26-/m1/s1. The Balaban J connectivity index is 1.82. The Labute approximate surface area is 182 Å². The van der Waals surface area contributed by atoms with Crippen molar-refractivity contribution < 1.29 is 14.3 Å². The van der Waals surface area contributed by atoms with Crippen LogP contribution in [0.2, 0.25) is 0 Å². The minimum Gasteiger partial charge on any atom is -0.469 e. The van der Waals surface area contributed by atoms with Gasteiger partial charge in [-0.15, -0.1) is 0 Å². The first-order valence-electron chi connectivity index (χ1n) is 10.5. The summed E-state index contributed by atoms with van der Waals surface area (Å²) in [6, 6.07) is 29.6. The van der Waals surface area contributed by atoms with E-state index in [4.69, 9.17) is 4.74 Å². The van der Waals surface area contributed by atoms with Crippen molar-refractivity contribution in [2.75, 3.05) is 7.11 Å². The molecule has 0 bridgehead atoms. The lowest BCUT2D eigenvalue weighted by molar-refractivity contribution is -0.141. The van der Waals surface area contributed by atoms with Crippen molar-refractivity contribution in [1.29, 1.82) is 0 Å². The van der Waals surface area contributed by atoms with Crippen molar-refractivity contribution >= 4 is 11.9 Å². The van der Waals surface area contributed by atoms with Crippen molar-refractivity contribution in [3.05, 3.63) is 108 Å². The molecule has 1 aliphatic rings. The lowest BCUT2D eigenvalue weighted by Gasteiger charge is -2.38. The van der Waals surface area contributed by atoms with E-state index in [0.717, 1.165) is 16.7 Å². The second-order valence-electron chi connectivity index (χ2n) is 7.73. The number of hydrogen-bond donors (Lipinski definition) is 1. The molecule has 3 atom stereocenters. The van der Waals surface area contributed by atoms with Gasteiger partial charge in [0.2, 0.25) is 5.91 Å². The van der Waals surface area contributed by atoms with Crippen molar-refractivity contribution in [2.45, 2.75) is 30.8 Å². The molecule has 0 aromatic heterocycles. The lowest BCUT2D eigenvalue weighted by atomic mass is 9.83. The number of esters is 1. The number of nitrogens with one attached hydrogen (secondary N) is 1. The number of hydrogen-bond acceptors (Lipinski definition) is 4. The van der Waals surface area contributed by atoms with Gasteiger partial charge in [-0.3, -0.25) is 15.0 Å². The number of carbonyl (C=O) groups excluding carboxylic acids is 2. The summed E-state index contributed by atoms with van der Waals surface area (Å²) in [7, 11) is 1.41. The largest absolute Gasteiger partial charge is 0.469 e. The summed E-state index contributed by atoms with van der Waals surface area (Å²) in [5.74, 6) is -0.517. The molecule has 0 spiro atoms. The Bertz CT molecular complexity index is 1010. The highest BCUT2D eigenvalue weighted by molar-refractivity contribution is 5.78. The zero-order valence-corrected chi connectivity index (χ0v) is 17.5. The zero-order chi connectivity index (χ0) is 21.6. The predicted octanol–water partition coefficient (Wildman–Crippen LogP) is 4.55. The smallest absolute Gasteiger partial charge is 0.306 e. The highest BCUT2D eigenvalue weighted by atomic mass is 16.5. The number of benzene rings is 3. The van der Waals surface area contributed by atoms with E-state index in [1.807, 2.05) is 96.0 Å². The Morgan fingerprint density at radius 3 is 2.06 bits per heavy atom. The van der Waals surface area contributed by atoms with E-state index in [-0.39, 0.29) is 36.3 Å². The highest BCUT2D eigenvalue weighted by Gasteiger charge is 2.41. The number of carbonyl (C=O) groups is 2. The van der Waals surface area contributed by atoms with Gasteiger partial charge in [0.1, 0.15) is 0 Å². The third kappa shape index (κ3) is 4.67. The third-order valence-electron chi connectivity index (χ3n) is 5.82. The molecule has 3 aromatic carbocycles. The van der Waals surface area contributed by atoms with Gasteiger partial charge in [-0.05, 0) is 16.7 Å². The van der Waals surface area contributed by atoms with Gasteiger partial charge < -0.3 is 4.74 Å². The molecular weight excluding hydrogens is 388 g/mol. The molecule has 3 aromatic rings. The maximum atomic E-state index is 12.6. The van der Waals surface area contributed by atoms with E-state index in [0.29, 0.717) is 6.42 Å². The molecule has 4 rings (SSSR count). The molecule has 0 radical (unpaired) electrons. The molecule has 1 amide bonds. The normalized spacial score (nSPS) is 18.2. The Kier molecular flexibility index (Phi) is 6.43. The quantitative estimate of drug-likeness (QED) is 0.576. The summed E-state index contributed by atoms with van der Waals surface area (Å²) in [5.41, 5.74) is 6.20. The average molecular weight is 415 g/mol. The van der Waals surface area contributed by atoms with Gasteiger partial charge in [-0.1, -0.05) is 91.0 Å². The maximum absolute atomic E-state index is 12.6. The molecule has 1 fully saturated rings. The fourth-order valence-corrected chi connectivity index (χ4v) is 4.37. The van der Waals surface area contributed by atoms with Crippen molar-refractivity contribution in [2.24, 2.45) is 0 Å². The van der Waals surface area contributed by atoms with Crippen LogP contribution in [0.4, 0.5) is 0 Å². The molecule has 5 heteroatoms. The summed E-state index contributed by atoms with van der Waals surface area (Å²) >= 11 is 0. The van der Waals surface area contributed by atoms with Crippen LogP contribution in [-0.4, -0.2) is 24.0 Å². The van der Waals surface area contributed by atoms with Crippen molar-refractivity contribution in [3.8, 4) is 0 Å². The fourth-order valence-electron chi connectivity index (χ4n) is 4.37. The van der Waals surface area contributed by atoms with E-state index in [1.54, 1.807) is 0 Å². The van der Waals surface area contributed by atoms with E-state index in [2.05, 4.69) is 5.43 Å². The van der Waals surface area contributed by atoms with Crippen LogP contribution in [0.3, 0.4) is 0 Å². The van der Waals surface area contributed by atoms with E-state index in [9.17, 15) is 9.59 Å². The van der Waals surface area contributed by atoms with Crippen LogP contribution in [0, 0.1) is 0 Å². The van der Waals surface area contributed by atoms with Gasteiger partial charge in [0.05, 0.1) is 25.6 Å². The summed E-state index contributed by atoms with van der Waals surface area (Å²) < 4.78 is 5.04. The first-order valence-corrected chi connectivity index (χ1v) is 10.5. The molecule has 158 valence electrons. The molecule has 0 aliphatic carbocycles. The topological polar surface area (TPSA) is 58.6 Å². The molecule has 0 unspecified atom stereocenters. The number of hydrazine groups is 1. The second kappa shape index (κ2) is 9.58. The first kappa shape index (κ1) is 20.8. The van der Waals surface area contributed by atoms with Crippen LogP contribution >= 0.6 is 0 Å². The number of rotatable bonds is 7. The summed E-state index contributed by atoms with van der Waals surface area (Å²) in [4.78, 5) is 25.0.